The van der Waals surface area contributed by atoms with Crippen LogP contribution in [-0.2, 0) is 14.3 Å². The van der Waals surface area contributed by atoms with Crippen LogP contribution in [0, 0.1) is 11.6 Å². The summed E-state index contributed by atoms with van der Waals surface area (Å²) in [5, 5.41) is 4.85. The Hall–Kier alpha value is -5.09. The van der Waals surface area contributed by atoms with Gasteiger partial charge >= 0.3 is 12.2 Å². The lowest BCUT2D eigenvalue weighted by molar-refractivity contribution is -0.130. The highest BCUT2D eigenvalue weighted by atomic mass is 19.1. The lowest BCUT2D eigenvalue weighted by Gasteiger charge is -2.36. The third-order valence-corrected chi connectivity index (χ3v) is 6.79. The van der Waals surface area contributed by atoms with Crippen molar-refractivity contribution in [1.82, 2.24) is 29.9 Å². The maximum absolute atomic E-state index is 15.1. The van der Waals surface area contributed by atoms with Crippen LogP contribution in [0.1, 0.15) is 10.5 Å². The second-order valence-electron chi connectivity index (χ2n) is 9.58. The summed E-state index contributed by atoms with van der Waals surface area (Å²) in [6.45, 7) is -1.19. The largest absolute Gasteiger partial charge is 0.447 e. The Morgan fingerprint density at radius 2 is 1.84 bits per heavy atom. The van der Waals surface area contributed by atoms with Gasteiger partial charge in [-0.25, -0.2) is 32.7 Å². The minimum atomic E-state index is -0.909. The van der Waals surface area contributed by atoms with E-state index < -0.39 is 49.1 Å². The van der Waals surface area contributed by atoms with Crippen molar-refractivity contribution in [3.05, 3.63) is 54.1 Å². The molecule has 0 saturated carbocycles. The predicted molar refractivity (Wildman–Crippen MR) is 143 cm³/mol. The zero-order valence-corrected chi connectivity index (χ0v) is 22.7. The molecule has 2 fully saturated rings. The number of rotatable bonds is 9. The number of piperazine rings is 1. The van der Waals surface area contributed by atoms with Crippen LogP contribution in [0.4, 0.5) is 34.1 Å². The van der Waals surface area contributed by atoms with Crippen molar-refractivity contribution in [2.75, 3.05) is 68.9 Å². The molecule has 5 rings (SSSR count). The number of hydrogen-bond acceptors (Lipinski definition) is 9. The van der Waals surface area contributed by atoms with E-state index in [1.54, 1.807) is 22.9 Å². The molecule has 2 saturated heterocycles. The van der Waals surface area contributed by atoms with Crippen LogP contribution >= 0.6 is 0 Å². The molecule has 0 radical (unpaired) electrons. The van der Waals surface area contributed by atoms with Crippen molar-refractivity contribution in [1.29, 1.82) is 0 Å². The van der Waals surface area contributed by atoms with Crippen molar-refractivity contribution in [3.8, 4) is 0 Å². The first kappa shape index (κ1) is 29.4. The molecule has 0 aliphatic carbocycles. The van der Waals surface area contributed by atoms with Gasteiger partial charge in [-0.05, 0) is 6.07 Å². The SMILES string of the molecule is O=C(NC[C@H]1CN(c2cc(F)c(N3CCN(C(=O)CNC(=O)c4cn5cccnc5n4)CC3)c(F)c2)C(=O)O1)OCCF. The zero-order valence-electron chi connectivity index (χ0n) is 22.7. The van der Waals surface area contributed by atoms with Gasteiger partial charge in [0.2, 0.25) is 11.7 Å². The third kappa shape index (κ3) is 6.70. The zero-order chi connectivity index (χ0) is 30.5. The predicted octanol–water partition coefficient (Wildman–Crippen LogP) is 1.11. The van der Waals surface area contributed by atoms with Crippen LogP contribution in [0.3, 0.4) is 0 Å². The number of halogens is 3. The first-order chi connectivity index (χ1) is 20.7. The van der Waals surface area contributed by atoms with Gasteiger partial charge in [-0.2, -0.15) is 0 Å². The quantitative estimate of drug-likeness (QED) is 0.366. The highest BCUT2D eigenvalue weighted by Gasteiger charge is 2.34. The summed E-state index contributed by atoms with van der Waals surface area (Å²) in [7, 11) is 0. The van der Waals surface area contributed by atoms with Crippen LogP contribution in [0.15, 0.2) is 36.8 Å². The Kier molecular flexibility index (Phi) is 8.77. The number of carbonyl (C=O) groups is 4. The maximum atomic E-state index is 15.1. The minimum Gasteiger partial charge on any atom is -0.447 e. The number of carbonyl (C=O) groups excluding carboxylic acids is 4. The number of benzene rings is 1. The van der Waals surface area contributed by atoms with Crippen molar-refractivity contribution in [2.24, 2.45) is 0 Å². The smallest absolute Gasteiger partial charge is 0.414 e. The van der Waals surface area contributed by atoms with Crippen LogP contribution in [0.25, 0.3) is 5.78 Å². The number of hydrogen-bond donors (Lipinski definition) is 2. The number of anilines is 2. The molecular formula is C26H27F3N8O6. The van der Waals surface area contributed by atoms with E-state index in [4.69, 9.17) is 4.74 Å². The topological polar surface area (TPSA) is 151 Å². The van der Waals surface area contributed by atoms with Gasteiger partial charge in [0.1, 0.15) is 30.8 Å². The molecule has 2 aromatic heterocycles. The minimum absolute atomic E-state index is 0.0720. The highest BCUT2D eigenvalue weighted by molar-refractivity contribution is 5.95. The molecule has 17 heteroatoms. The molecule has 2 aliphatic heterocycles. The Balaban J connectivity index is 1.12. The molecule has 1 aromatic carbocycles. The summed E-state index contributed by atoms with van der Waals surface area (Å²) in [4.78, 5) is 61.0. The van der Waals surface area contributed by atoms with E-state index in [0.29, 0.717) is 5.78 Å². The van der Waals surface area contributed by atoms with Crippen LogP contribution in [-0.4, -0.2) is 108 Å². The molecule has 0 spiro atoms. The standard InChI is InChI=1S/C26H27F3N8O6/c27-2-9-42-25(40)32-12-17-14-37(26(41)43-17)16-10-18(28)22(19(29)11-16)35-7-5-34(6-8-35)21(38)13-31-23(39)20-15-36-4-1-3-30-24(36)33-20/h1,3-4,10-11,15,17H,2,5-9,12-14H2,(H,31,39)(H,32,40)/t17-/m0/s1. The number of amides is 4. The van der Waals surface area contributed by atoms with E-state index in [9.17, 15) is 23.6 Å². The van der Waals surface area contributed by atoms with Gasteiger partial charge < -0.3 is 29.9 Å². The molecule has 2 N–H and O–H groups in total. The monoisotopic (exact) mass is 604 g/mol. The summed E-state index contributed by atoms with van der Waals surface area (Å²) < 4.78 is 53.6. The number of nitrogens with zero attached hydrogens (tertiary/aromatic N) is 6. The maximum Gasteiger partial charge on any atom is 0.414 e. The van der Waals surface area contributed by atoms with E-state index in [1.165, 1.54) is 16.0 Å². The summed E-state index contributed by atoms with van der Waals surface area (Å²) in [6.07, 6.45) is 2.16. The Bertz CT molecular complexity index is 1470. The van der Waals surface area contributed by atoms with Gasteiger partial charge in [0, 0.05) is 56.9 Å². The molecule has 43 heavy (non-hydrogen) atoms. The molecule has 0 unspecified atom stereocenters. The van der Waals surface area contributed by atoms with Crippen LogP contribution < -0.4 is 20.4 Å². The molecule has 4 amide bonds. The highest BCUT2D eigenvalue weighted by Crippen LogP contribution is 2.31. The summed E-state index contributed by atoms with van der Waals surface area (Å²) in [5.41, 5.74) is -0.266. The molecule has 3 aromatic rings. The van der Waals surface area contributed by atoms with Gasteiger partial charge in [0.05, 0.1) is 25.3 Å². The number of alkyl carbamates (subject to hydrolysis) is 1. The Morgan fingerprint density at radius 3 is 2.53 bits per heavy atom. The van der Waals surface area contributed by atoms with E-state index in [1.807, 2.05) is 0 Å². The molecular weight excluding hydrogens is 577 g/mol. The van der Waals surface area contributed by atoms with Crippen molar-refractivity contribution < 1.29 is 41.8 Å². The second kappa shape index (κ2) is 12.8. The van der Waals surface area contributed by atoms with Gasteiger partial charge in [-0.3, -0.25) is 18.9 Å². The molecule has 0 bridgehead atoms. The fraction of sp³-hybridized carbons (Fsp3) is 0.385. The summed E-state index contributed by atoms with van der Waals surface area (Å²) >= 11 is 0. The summed E-state index contributed by atoms with van der Waals surface area (Å²) in [5.74, 6) is -2.38. The first-order valence-electron chi connectivity index (χ1n) is 13.3. The fourth-order valence-electron chi connectivity index (χ4n) is 4.71. The average Bonchev–Trinajstić information content (AvgIpc) is 3.61. The van der Waals surface area contributed by atoms with Crippen LogP contribution in [0.5, 0.6) is 0 Å². The molecule has 1 atom stereocenters. The number of cyclic esters (lactones) is 1. The molecule has 2 aliphatic rings. The Morgan fingerprint density at radius 1 is 1.09 bits per heavy atom. The lowest BCUT2D eigenvalue weighted by atomic mass is 10.2. The first-order valence-corrected chi connectivity index (χ1v) is 13.3. The third-order valence-electron chi connectivity index (χ3n) is 6.79. The van der Waals surface area contributed by atoms with Gasteiger partial charge in [0.15, 0.2) is 11.6 Å². The van der Waals surface area contributed by atoms with E-state index >= 15 is 8.78 Å². The normalized spacial score (nSPS) is 16.8. The van der Waals surface area contributed by atoms with Gasteiger partial charge in [-0.15, -0.1) is 0 Å². The van der Waals surface area contributed by atoms with Crippen molar-refractivity contribution in [2.45, 2.75) is 6.10 Å². The van der Waals surface area contributed by atoms with Gasteiger partial charge in [0.25, 0.3) is 5.91 Å². The molecule has 4 heterocycles. The van der Waals surface area contributed by atoms with Crippen molar-refractivity contribution >= 4 is 41.2 Å². The van der Waals surface area contributed by atoms with Gasteiger partial charge in [-0.1, -0.05) is 0 Å². The molecule has 228 valence electrons. The number of imidazole rings is 1. The Labute approximate surface area is 242 Å². The second-order valence-corrected chi connectivity index (χ2v) is 9.58. The van der Waals surface area contributed by atoms with E-state index in [0.717, 1.165) is 17.0 Å². The van der Waals surface area contributed by atoms with E-state index in [2.05, 4.69) is 25.3 Å². The number of alkyl halides is 1. The number of aromatic nitrogens is 3. The van der Waals surface area contributed by atoms with Crippen LogP contribution in [0.2, 0.25) is 0 Å². The fourth-order valence-corrected chi connectivity index (χ4v) is 4.71. The average molecular weight is 605 g/mol. The number of fused-ring (bicyclic) bond motifs is 1. The summed E-state index contributed by atoms with van der Waals surface area (Å²) in [6, 6.07) is 3.70. The lowest BCUT2D eigenvalue weighted by Crippen LogP contribution is -2.51. The molecule has 14 nitrogen and oxygen atoms in total. The number of nitrogens with one attached hydrogen (secondary N) is 2. The number of ether oxygens (including phenoxy) is 2. The van der Waals surface area contributed by atoms with E-state index in [-0.39, 0.29) is 68.8 Å². The van der Waals surface area contributed by atoms with Crippen molar-refractivity contribution in [3.63, 3.8) is 0 Å².